The van der Waals surface area contributed by atoms with Crippen molar-refractivity contribution >= 4 is 28.4 Å². The van der Waals surface area contributed by atoms with Crippen molar-refractivity contribution in [2.75, 3.05) is 20.2 Å². The SMILES string of the molecule is COc1ccccc1C(Cl)=C(NC(=O)c1ccccc1)C(=O)N1CCCCC1. The number of methoxy groups -OCH3 is 1. The number of hydrogen-bond acceptors (Lipinski definition) is 3. The summed E-state index contributed by atoms with van der Waals surface area (Å²) in [7, 11) is 1.54. The standard InChI is InChI=1S/C22H23ClN2O3/c1-28-18-13-7-6-12-17(18)19(23)20(22(27)25-14-8-3-9-15-25)24-21(26)16-10-4-2-5-11-16/h2,4-7,10-13H,3,8-9,14-15H2,1H3,(H,24,26). The molecule has 1 fully saturated rings. The van der Waals surface area contributed by atoms with Crippen molar-refractivity contribution in [1.29, 1.82) is 0 Å². The number of rotatable bonds is 5. The first-order valence-corrected chi connectivity index (χ1v) is 9.68. The van der Waals surface area contributed by atoms with Gasteiger partial charge < -0.3 is 15.0 Å². The molecule has 3 rings (SSSR count). The van der Waals surface area contributed by atoms with Gasteiger partial charge in [0.15, 0.2) is 0 Å². The number of ether oxygens (including phenoxy) is 1. The Morgan fingerprint density at radius 3 is 2.29 bits per heavy atom. The van der Waals surface area contributed by atoms with Crippen LogP contribution in [0.5, 0.6) is 5.75 Å². The van der Waals surface area contributed by atoms with Crippen LogP contribution < -0.4 is 10.1 Å². The number of likely N-dealkylation sites (tertiary alicyclic amines) is 1. The first-order valence-electron chi connectivity index (χ1n) is 9.30. The number of carbonyl (C=O) groups excluding carboxylic acids is 2. The Balaban J connectivity index is 2.00. The summed E-state index contributed by atoms with van der Waals surface area (Å²) in [6.45, 7) is 1.30. The number of piperidine rings is 1. The molecule has 1 N–H and O–H groups in total. The fourth-order valence-corrected chi connectivity index (χ4v) is 3.48. The third-order valence-corrected chi connectivity index (χ3v) is 5.09. The van der Waals surface area contributed by atoms with Gasteiger partial charge in [-0.1, -0.05) is 41.9 Å². The van der Waals surface area contributed by atoms with Crippen LogP contribution in [0.15, 0.2) is 60.3 Å². The smallest absolute Gasteiger partial charge is 0.271 e. The largest absolute Gasteiger partial charge is 0.496 e. The van der Waals surface area contributed by atoms with E-state index in [-0.39, 0.29) is 22.5 Å². The predicted molar refractivity (Wildman–Crippen MR) is 110 cm³/mol. The third kappa shape index (κ3) is 4.54. The second-order valence-corrected chi connectivity index (χ2v) is 6.94. The molecule has 0 bridgehead atoms. The van der Waals surface area contributed by atoms with Crippen molar-refractivity contribution in [3.05, 3.63) is 71.4 Å². The van der Waals surface area contributed by atoms with Crippen molar-refractivity contribution in [2.24, 2.45) is 0 Å². The van der Waals surface area contributed by atoms with Crippen LogP contribution in [-0.2, 0) is 4.79 Å². The minimum atomic E-state index is -0.381. The van der Waals surface area contributed by atoms with Crippen molar-refractivity contribution in [2.45, 2.75) is 19.3 Å². The Hall–Kier alpha value is -2.79. The zero-order chi connectivity index (χ0) is 19.9. The molecule has 0 atom stereocenters. The molecule has 1 aliphatic rings. The molecule has 0 unspecified atom stereocenters. The number of para-hydroxylation sites is 1. The molecular weight excluding hydrogens is 376 g/mol. The lowest BCUT2D eigenvalue weighted by Crippen LogP contribution is -2.41. The molecule has 2 aromatic carbocycles. The van der Waals surface area contributed by atoms with Gasteiger partial charge in [0.2, 0.25) is 0 Å². The first-order chi connectivity index (χ1) is 13.6. The van der Waals surface area contributed by atoms with Gasteiger partial charge in [0, 0.05) is 24.2 Å². The van der Waals surface area contributed by atoms with Crippen LogP contribution in [0.4, 0.5) is 0 Å². The van der Waals surface area contributed by atoms with Crippen molar-refractivity contribution < 1.29 is 14.3 Å². The van der Waals surface area contributed by atoms with E-state index in [0.717, 1.165) is 19.3 Å². The molecule has 0 aliphatic carbocycles. The van der Waals surface area contributed by atoms with E-state index in [0.29, 0.717) is 30.0 Å². The van der Waals surface area contributed by atoms with Crippen LogP contribution in [0.3, 0.4) is 0 Å². The van der Waals surface area contributed by atoms with Gasteiger partial charge in [-0.2, -0.15) is 0 Å². The Labute approximate surface area is 169 Å². The summed E-state index contributed by atoms with van der Waals surface area (Å²) >= 11 is 6.64. The Morgan fingerprint density at radius 1 is 0.964 bits per heavy atom. The topological polar surface area (TPSA) is 58.6 Å². The zero-order valence-corrected chi connectivity index (χ0v) is 16.5. The minimum Gasteiger partial charge on any atom is -0.496 e. The number of hydrogen-bond donors (Lipinski definition) is 1. The summed E-state index contributed by atoms with van der Waals surface area (Å²) in [5, 5.41) is 2.91. The molecule has 0 aromatic heterocycles. The van der Waals surface area contributed by atoms with Gasteiger partial charge in [-0.05, 0) is 43.5 Å². The van der Waals surface area contributed by atoms with E-state index in [1.165, 1.54) is 7.11 Å². The summed E-state index contributed by atoms with van der Waals surface area (Å²) in [4.78, 5) is 27.7. The van der Waals surface area contributed by atoms with Crippen LogP contribution in [0.2, 0.25) is 0 Å². The second kappa shape index (κ2) is 9.42. The van der Waals surface area contributed by atoms with E-state index in [1.807, 2.05) is 18.2 Å². The van der Waals surface area contributed by atoms with E-state index in [9.17, 15) is 9.59 Å². The van der Waals surface area contributed by atoms with Gasteiger partial charge in [0.25, 0.3) is 11.8 Å². The Bertz CT molecular complexity index is 874. The summed E-state index contributed by atoms with van der Waals surface area (Å²) in [6.07, 6.45) is 2.98. The number of carbonyl (C=O) groups is 2. The molecule has 0 radical (unpaired) electrons. The summed E-state index contributed by atoms with van der Waals surface area (Å²) in [5.41, 5.74) is 1.08. The van der Waals surface area contributed by atoms with E-state index in [4.69, 9.17) is 16.3 Å². The van der Waals surface area contributed by atoms with Gasteiger partial charge in [-0.3, -0.25) is 9.59 Å². The molecule has 1 aliphatic heterocycles. The maximum absolute atomic E-state index is 13.2. The Morgan fingerprint density at radius 2 is 1.61 bits per heavy atom. The van der Waals surface area contributed by atoms with Crippen molar-refractivity contribution in [3.8, 4) is 5.75 Å². The van der Waals surface area contributed by atoms with Gasteiger partial charge in [0.1, 0.15) is 11.4 Å². The zero-order valence-electron chi connectivity index (χ0n) is 15.8. The molecule has 0 spiro atoms. The highest BCUT2D eigenvalue weighted by Crippen LogP contribution is 2.31. The van der Waals surface area contributed by atoms with Gasteiger partial charge in [-0.25, -0.2) is 0 Å². The summed E-state index contributed by atoms with van der Waals surface area (Å²) in [5.74, 6) is -0.126. The molecule has 2 amide bonds. The van der Waals surface area contributed by atoms with Crippen LogP contribution in [0.25, 0.3) is 5.03 Å². The minimum absolute atomic E-state index is 0.0712. The predicted octanol–water partition coefficient (Wildman–Crippen LogP) is 4.05. The monoisotopic (exact) mass is 398 g/mol. The average Bonchev–Trinajstić information content (AvgIpc) is 2.77. The van der Waals surface area contributed by atoms with Crippen LogP contribution >= 0.6 is 11.6 Å². The number of halogens is 1. The van der Waals surface area contributed by atoms with Gasteiger partial charge in [-0.15, -0.1) is 0 Å². The number of nitrogens with one attached hydrogen (secondary N) is 1. The Kier molecular flexibility index (Phi) is 6.71. The van der Waals surface area contributed by atoms with E-state index in [1.54, 1.807) is 41.3 Å². The highest BCUT2D eigenvalue weighted by atomic mass is 35.5. The molecule has 1 heterocycles. The molecule has 0 saturated carbocycles. The normalized spacial score (nSPS) is 14.9. The highest BCUT2D eigenvalue weighted by molar-refractivity contribution is 6.51. The van der Waals surface area contributed by atoms with Crippen LogP contribution in [0.1, 0.15) is 35.2 Å². The lowest BCUT2D eigenvalue weighted by molar-refractivity contribution is -0.128. The number of benzene rings is 2. The highest BCUT2D eigenvalue weighted by Gasteiger charge is 2.26. The maximum atomic E-state index is 13.2. The number of nitrogens with zero attached hydrogens (tertiary/aromatic N) is 1. The maximum Gasteiger partial charge on any atom is 0.271 e. The molecule has 6 heteroatoms. The first kappa shape index (κ1) is 20.0. The summed E-state index contributed by atoms with van der Waals surface area (Å²) < 4.78 is 5.38. The lowest BCUT2D eigenvalue weighted by atomic mass is 10.1. The fraction of sp³-hybridized carbons (Fsp3) is 0.273. The third-order valence-electron chi connectivity index (χ3n) is 4.69. The lowest BCUT2D eigenvalue weighted by Gasteiger charge is -2.28. The molecule has 28 heavy (non-hydrogen) atoms. The van der Waals surface area contributed by atoms with Crippen molar-refractivity contribution in [3.63, 3.8) is 0 Å². The quantitative estimate of drug-likeness (QED) is 0.773. The van der Waals surface area contributed by atoms with Gasteiger partial charge >= 0.3 is 0 Å². The van der Waals surface area contributed by atoms with Gasteiger partial charge in [0.05, 0.1) is 12.1 Å². The van der Waals surface area contributed by atoms with Crippen LogP contribution in [-0.4, -0.2) is 36.9 Å². The molecule has 2 aromatic rings. The van der Waals surface area contributed by atoms with E-state index in [2.05, 4.69) is 5.32 Å². The molecule has 146 valence electrons. The number of amides is 2. The van der Waals surface area contributed by atoms with E-state index < -0.39 is 0 Å². The molecule has 5 nitrogen and oxygen atoms in total. The van der Waals surface area contributed by atoms with Crippen molar-refractivity contribution in [1.82, 2.24) is 10.2 Å². The van der Waals surface area contributed by atoms with E-state index >= 15 is 0 Å². The summed E-state index contributed by atoms with van der Waals surface area (Å²) in [6, 6.07) is 15.9. The molecule has 1 saturated heterocycles. The van der Waals surface area contributed by atoms with Crippen LogP contribution in [0, 0.1) is 0 Å². The fourth-order valence-electron chi connectivity index (χ4n) is 3.19. The molecular formula is C22H23ClN2O3. The average molecular weight is 399 g/mol. The second-order valence-electron chi connectivity index (χ2n) is 6.56.